The minimum Gasteiger partial charge on any atom is -0.378 e. The first-order valence-electron chi connectivity index (χ1n) is 9.28. The van der Waals surface area contributed by atoms with E-state index in [1.165, 1.54) is 17.0 Å². The summed E-state index contributed by atoms with van der Waals surface area (Å²) >= 11 is 0. The third kappa shape index (κ3) is 3.59. The topological polar surface area (TPSA) is 61.9 Å². The van der Waals surface area contributed by atoms with Crippen molar-refractivity contribution < 1.29 is 18.7 Å². The quantitative estimate of drug-likeness (QED) is 0.874. The summed E-state index contributed by atoms with van der Waals surface area (Å²) in [7, 11) is 0. The van der Waals surface area contributed by atoms with E-state index in [-0.39, 0.29) is 29.6 Å². The molecule has 1 aromatic carbocycles. The van der Waals surface area contributed by atoms with Gasteiger partial charge in [-0.2, -0.15) is 0 Å². The van der Waals surface area contributed by atoms with Crippen molar-refractivity contribution in [2.75, 3.05) is 37.7 Å². The second-order valence-corrected chi connectivity index (χ2v) is 7.40. The monoisotopic (exact) mass is 361 g/mol. The Bertz CT molecular complexity index is 694. The second-order valence-electron chi connectivity index (χ2n) is 7.40. The van der Waals surface area contributed by atoms with Gasteiger partial charge in [0.2, 0.25) is 11.8 Å². The third-order valence-corrected chi connectivity index (χ3v) is 5.60. The molecular weight excluding hydrogens is 337 g/mol. The van der Waals surface area contributed by atoms with Crippen LogP contribution in [0.2, 0.25) is 0 Å². The van der Waals surface area contributed by atoms with E-state index in [1.807, 2.05) is 0 Å². The van der Waals surface area contributed by atoms with Crippen LogP contribution in [0.3, 0.4) is 0 Å². The van der Waals surface area contributed by atoms with Crippen molar-refractivity contribution >= 4 is 17.5 Å². The van der Waals surface area contributed by atoms with E-state index in [0.29, 0.717) is 31.1 Å². The van der Waals surface area contributed by atoms with E-state index < -0.39 is 0 Å². The summed E-state index contributed by atoms with van der Waals surface area (Å²) in [5.74, 6) is -0.697. The SMILES string of the molecule is O=C(NC1CCN(C2COC2)C1)C1CCC(=O)N(c2cccc(F)c2)C1. The van der Waals surface area contributed by atoms with Crippen molar-refractivity contribution in [3.8, 4) is 0 Å². The molecule has 4 rings (SSSR count). The molecule has 0 radical (unpaired) electrons. The molecule has 6 nitrogen and oxygen atoms in total. The van der Waals surface area contributed by atoms with Crippen LogP contribution in [0.4, 0.5) is 10.1 Å². The van der Waals surface area contributed by atoms with Gasteiger partial charge < -0.3 is 15.0 Å². The highest BCUT2D eigenvalue weighted by Gasteiger charge is 2.35. The molecule has 7 heteroatoms. The number of piperidine rings is 1. The smallest absolute Gasteiger partial charge is 0.227 e. The Morgan fingerprint density at radius 1 is 1.23 bits per heavy atom. The molecule has 2 unspecified atom stereocenters. The summed E-state index contributed by atoms with van der Waals surface area (Å²) in [6.07, 6.45) is 1.80. The van der Waals surface area contributed by atoms with Gasteiger partial charge >= 0.3 is 0 Å². The maximum atomic E-state index is 13.5. The normalized spacial score (nSPS) is 27.4. The number of ether oxygens (including phenoxy) is 1. The molecule has 1 N–H and O–H groups in total. The van der Waals surface area contributed by atoms with Crippen LogP contribution in [-0.2, 0) is 14.3 Å². The minimum atomic E-state index is -0.382. The molecular formula is C19H24FN3O3. The van der Waals surface area contributed by atoms with E-state index in [0.717, 1.165) is 32.7 Å². The molecule has 140 valence electrons. The van der Waals surface area contributed by atoms with Gasteiger partial charge in [-0.1, -0.05) is 6.07 Å². The van der Waals surface area contributed by atoms with Crippen LogP contribution < -0.4 is 10.2 Å². The molecule has 3 heterocycles. The lowest BCUT2D eigenvalue weighted by Gasteiger charge is -2.35. The molecule has 0 spiro atoms. The standard InChI is InChI=1S/C19H24FN3O3/c20-14-2-1-3-16(8-14)23-9-13(4-5-18(23)24)19(25)21-15-6-7-22(10-15)17-11-26-12-17/h1-3,8,13,15,17H,4-7,9-12H2,(H,21,25). The highest BCUT2D eigenvalue weighted by atomic mass is 19.1. The number of hydrogen-bond acceptors (Lipinski definition) is 4. The first kappa shape index (κ1) is 17.4. The summed E-state index contributed by atoms with van der Waals surface area (Å²) in [5.41, 5.74) is 0.518. The molecule has 3 saturated heterocycles. The molecule has 0 bridgehead atoms. The van der Waals surface area contributed by atoms with Gasteiger partial charge in [-0.3, -0.25) is 14.5 Å². The fourth-order valence-corrected chi connectivity index (χ4v) is 3.94. The van der Waals surface area contributed by atoms with Crippen LogP contribution >= 0.6 is 0 Å². The second kappa shape index (κ2) is 7.32. The number of likely N-dealkylation sites (tertiary alicyclic amines) is 1. The van der Waals surface area contributed by atoms with Crippen LogP contribution in [0, 0.1) is 11.7 Å². The number of anilines is 1. The lowest BCUT2D eigenvalue weighted by molar-refractivity contribution is -0.128. The Hall–Kier alpha value is -1.99. The molecule has 0 saturated carbocycles. The van der Waals surface area contributed by atoms with Gasteiger partial charge in [-0.05, 0) is 31.0 Å². The van der Waals surface area contributed by atoms with Gasteiger partial charge in [0.15, 0.2) is 0 Å². The van der Waals surface area contributed by atoms with E-state index >= 15 is 0 Å². The number of amides is 2. The minimum absolute atomic E-state index is 0.00406. The van der Waals surface area contributed by atoms with Crippen molar-refractivity contribution in [1.29, 1.82) is 0 Å². The zero-order valence-corrected chi connectivity index (χ0v) is 14.7. The highest BCUT2D eigenvalue weighted by molar-refractivity contribution is 5.96. The van der Waals surface area contributed by atoms with E-state index in [2.05, 4.69) is 10.2 Å². The van der Waals surface area contributed by atoms with Gasteiger partial charge in [0, 0.05) is 37.8 Å². The predicted molar refractivity (Wildman–Crippen MR) is 94.2 cm³/mol. The average molecular weight is 361 g/mol. The third-order valence-electron chi connectivity index (χ3n) is 5.60. The van der Waals surface area contributed by atoms with E-state index in [1.54, 1.807) is 12.1 Å². The van der Waals surface area contributed by atoms with Gasteiger partial charge in [-0.25, -0.2) is 4.39 Å². The zero-order chi connectivity index (χ0) is 18.1. The first-order chi connectivity index (χ1) is 12.6. The molecule has 3 fully saturated rings. The fourth-order valence-electron chi connectivity index (χ4n) is 3.94. The summed E-state index contributed by atoms with van der Waals surface area (Å²) in [6.45, 7) is 3.72. The summed E-state index contributed by atoms with van der Waals surface area (Å²) in [5, 5.41) is 3.15. The number of benzene rings is 1. The number of carbonyl (C=O) groups is 2. The number of nitrogens with zero attached hydrogens (tertiary/aromatic N) is 2. The number of halogens is 1. The van der Waals surface area contributed by atoms with Crippen molar-refractivity contribution in [1.82, 2.24) is 10.2 Å². The first-order valence-corrected chi connectivity index (χ1v) is 9.28. The van der Waals surface area contributed by atoms with Crippen LogP contribution in [-0.4, -0.2) is 61.6 Å². The maximum Gasteiger partial charge on any atom is 0.227 e. The van der Waals surface area contributed by atoms with Gasteiger partial charge in [0.05, 0.1) is 25.2 Å². The molecule has 1 aromatic rings. The Morgan fingerprint density at radius 3 is 2.81 bits per heavy atom. The number of carbonyl (C=O) groups excluding carboxylic acids is 2. The molecule has 3 aliphatic heterocycles. The molecule has 0 aromatic heterocycles. The Balaban J connectivity index is 1.35. The van der Waals surface area contributed by atoms with Gasteiger partial charge in [0.1, 0.15) is 5.82 Å². The van der Waals surface area contributed by atoms with Crippen molar-refractivity contribution in [2.24, 2.45) is 5.92 Å². The van der Waals surface area contributed by atoms with Crippen LogP contribution in [0.5, 0.6) is 0 Å². The van der Waals surface area contributed by atoms with Crippen molar-refractivity contribution in [3.63, 3.8) is 0 Å². The lowest BCUT2D eigenvalue weighted by Crippen LogP contribution is -2.51. The molecule has 26 heavy (non-hydrogen) atoms. The fraction of sp³-hybridized carbons (Fsp3) is 0.579. The molecule has 2 atom stereocenters. The number of hydrogen-bond donors (Lipinski definition) is 1. The van der Waals surface area contributed by atoms with Crippen LogP contribution in [0.15, 0.2) is 24.3 Å². The van der Waals surface area contributed by atoms with E-state index in [9.17, 15) is 14.0 Å². The number of rotatable bonds is 4. The average Bonchev–Trinajstić information content (AvgIpc) is 3.01. The molecule has 0 aliphatic carbocycles. The van der Waals surface area contributed by atoms with Gasteiger partial charge in [-0.15, -0.1) is 0 Å². The molecule has 2 amide bonds. The van der Waals surface area contributed by atoms with Crippen molar-refractivity contribution in [2.45, 2.75) is 31.3 Å². The molecule has 3 aliphatic rings. The Kier molecular flexibility index (Phi) is 4.91. The summed E-state index contributed by atoms with van der Waals surface area (Å²) in [6, 6.07) is 6.63. The van der Waals surface area contributed by atoms with Crippen molar-refractivity contribution in [3.05, 3.63) is 30.1 Å². The van der Waals surface area contributed by atoms with E-state index in [4.69, 9.17) is 4.74 Å². The largest absolute Gasteiger partial charge is 0.378 e. The number of nitrogens with one attached hydrogen (secondary N) is 1. The summed E-state index contributed by atoms with van der Waals surface area (Å²) < 4.78 is 18.7. The summed E-state index contributed by atoms with van der Waals surface area (Å²) in [4.78, 5) is 28.8. The van der Waals surface area contributed by atoms with Crippen LogP contribution in [0.1, 0.15) is 19.3 Å². The Labute approximate surface area is 152 Å². The highest BCUT2D eigenvalue weighted by Crippen LogP contribution is 2.25. The lowest BCUT2D eigenvalue weighted by atomic mass is 9.95. The van der Waals surface area contributed by atoms with Gasteiger partial charge in [0.25, 0.3) is 0 Å². The predicted octanol–water partition coefficient (Wildman–Crippen LogP) is 1.16. The Morgan fingerprint density at radius 2 is 2.08 bits per heavy atom. The maximum absolute atomic E-state index is 13.5. The zero-order valence-electron chi connectivity index (χ0n) is 14.7. The van der Waals surface area contributed by atoms with Crippen LogP contribution in [0.25, 0.3) is 0 Å².